The molecule has 0 amide bonds. The number of aliphatic hydroxyl groups is 4. The molecule has 1 fully saturated rings. The van der Waals surface area contributed by atoms with Crippen LogP contribution in [0.5, 0.6) is 28.7 Å². The van der Waals surface area contributed by atoms with Crippen molar-refractivity contribution in [3.63, 3.8) is 0 Å². The standard InChI is InChI=1S/C23H28O10/c1-32-18-5-3-11(6-15(18)26)2-4-14(25)20-16(27)8-13(9-17(20)28)33-19-7-12(10-24)21(29)23(31)22(19)30/h3,5-6,8-9,12,19,21-24,26-31H,2,4,7,10H2,1H3/t12-,19-,21-,22+,23+/m1/s1. The molecule has 0 bridgehead atoms. The zero-order valence-corrected chi connectivity index (χ0v) is 18.0. The topological polar surface area (TPSA) is 177 Å². The summed E-state index contributed by atoms with van der Waals surface area (Å²) >= 11 is 0. The Balaban J connectivity index is 1.70. The SMILES string of the molecule is COc1ccc(CCC(=O)c2c(O)cc(O[C@@H]3C[C@H](CO)[C@@H](O)[C@H](O)[C@H]3O)cc2O)cc1O. The van der Waals surface area contributed by atoms with E-state index in [0.29, 0.717) is 11.3 Å². The van der Waals surface area contributed by atoms with Gasteiger partial charge in [-0.2, -0.15) is 0 Å². The van der Waals surface area contributed by atoms with Gasteiger partial charge >= 0.3 is 0 Å². The van der Waals surface area contributed by atoms with Crippen LogP contribution < -0.4 is 9.47 Å². The highest BCUT2D eigenvalue weighted by atomic mass is 16.5. The van der Waals surface area contributed by atoms with Gasteiger partial charge in [0.05, 0.1) is 13.2 Å². The van der Waals surface area contributed by atoms with Crippen molar-refractivity contribution in [2.24, 2.45) is 5.92 Å². The third kappa shape index (κ3) is 5.31. The number of aliphatic hydroxyl groups excluding tert-OH is 4. The number of benzene rings is 2. The first kappa shape index (κ1) is 24.6. The average molecular weight is 464 g/mol. The van der Waals surface area contributed by atoms with Crippen molar-refractivity contribution in [3.05, 3.63) is 41.5 Å². The van der Waals surface area contributed by atoms with Crippen molar-refractivity contribution in [3.8, 4) is 28.7 Å². The van der Waals surface area contributed by atoms with Crippen LogP contribution in [0.4, 0.5) is 0 Å². The Hall–Kier alpha value is -3.05. The van der Waals surface area contributed by atoms with Crippen LogP contribution in [0, 0.1) is 5.92 Å². The van der Waals surface area contributed by atoms with E-state index < -0.39 is 54.2 Å². The number of methoxy groups -OCH3 is 1. The molecule has 0 aromatic heterocycles. The first-order valence-electron chi connectivity index (χ1n) is 10.4. The molecular weight excluding hydrogens is 436 g/mol. The van der Waals surface area contributed by atoms with Gasteiger partial charge in [-0.05, 0) is 30.5 Å². The number of phenolic OH excluding ortho intramolecular Hbond substituents is 3. The summed E-state index contributed by atoms with van der Waals surface area (Å²) in [5.41, 5.74) is 0.360. The van der Waals surface area contributed by atoms with E-state index in [4.69, 9.17) is 9.47 Å². The minimum absolute atomic E-state index is 0.0206. The van der Waals surface area contributed by atoms with Crippen LogP contribution in [0.2, 0.25) is 0 Å². The van der Waals surface area contributed by atoms with Gasteiger partial charge in [0.25, 0.3) is 0 Å². The number of Topliss-reactive ketones (excluding diaryl/α,β-unsaturated/α-hetero) is 1. The predicted octanol–water partition coefficient (Wildman–Crippen LogP) is 0.470. The van der Waals surface area contributed by atoms with Crippen LogP contribution in [0.25, 0.3) is 0 Å². The summed E-state index contributed by atoms with van der Waals surface area (Å²) in [6.45, 7) is -0.430. The van der Waals surface area contributed by atoms with Gasteiger partial charge in [0.2, 0.25) is 0 Å². The lowest BCUT2D eigenvalue weighted by Crippen LogP contribution is -2.56. The summed E-state index contributed by atoms with van der Waals surface area (Å²) in [5.74, 6) is -2.16. The van der Waals surface area contributed by atoms with Crippen molar-refractivity contribution in [2.75, 3.05) is 13.7 Å². The van der Waals surface area contributed by atoms with Gasteiger partial charge in [0.15, 0.2) is 17.3 Å². The van der Waals surface area contributed by atoms with Crippen molar-refractivity contribution < 1.29 is 50.0 Å². The number of hydrogen-bond acceptors (Lipinski definition) is 10. The smallest absolute Gasteiger partial charge is 0.170 e. The molecule has 0 spiro atoms. The summed E-state index contributed by atoms with van der Waals surface area (Å²) in [6, 6.07) is 6.91. The fourth-order valence-electron chi connectivity index (χ4n) is 3.97. The molecule has 0 radical (unpaired) electrons. The summed E-state index contributed by atoms with van der Waals surface area (Å²) in [5, 5.41) is 69.9. The molecule has 1 saturated carbocycles. The second-order valence-corrected chi connectivity index (χ2v) is 8.07. The minimum atomic E-state index is -1.54. The number of carbonyl (C=O) groups excluding carboxylic acids is 1. The largest absolute Gasteiger partial charge is 0.507 e. The molecule has 33 heavy (non-hydrogen) atoms. The Morgan fingerprint density at radius 2 is 1.64 bits per heavy atom. The Kier molecular flexibility index (Phi) is 7.65. The number of ether oxygens (including phenoxy) is 2. The zero-order valence-electron chi connectivity index (χ0n) is 18.0. The number of hydrogen-bond donors (Lipinski definition) is 7. The lowest BCUT2D eigenvalue weighted by Gasteiger charge is -2.39. The monoisotopic (exact) mass is 464 g/mol. The van der Waals surface area contributed by atoms with E-state index in [9.17, 15) is 40.5 Å². The van der Waals surface area contributed by atoms with Crippen LogP contribution in [0.3, 0.4) is 0 Å². The number of ketones is 1. The maximum Gasteiger partial charge on any atom is 0.170 e. The van der Waals surface area contributed by atoms with E-state index in [2.05, 4.69) is 0 Å². The molecule has 2 aromatic rings. The van der Waals surface area contributed by atoms with Gasteiger partial charge in [-0.3, -0.25) is 4.79 Å². The first-order valence-corrected chi connectivity index (χ1v) is 10.4. The van der Waals surface area contributed by atoms with E-state index in [-0.39, 0.29) is 36.3 Å². The highest BCUT2D eigenvalue weighted by Crippen LogP contribution is 2.36. The van der Waals surface area contributed by atoms with Gasteiger partial charge < -0.3 is 45.2 Å². The van der Waals surface area contributed by atoms with E-state index in [1.807, 2.05) is 0 Å². The first-order chi connectivity index (χ1) is 15.7. The highest BCUT2D eigenvalue weighted by molar-refractivity contribution is 6.01. The van der Waals surface area contributed by atoms with Gasteiger partial charge in [-0.25, -0.2) is 0 Å². The molecule has 10 nitrogen and oxygen atoms in total. The van der Waals surface area contributed by atoms with Crippen LogP contribution >= 0.6 is 0 Å². The van der Waals surface area contributed by atoms with Gasteiger partial charge in [0.1, 0.15) is 41.1 Å². The second-order valence-electron chi connectivity index (χ2n) is 8.07. The molecule has 0 heterocycles. The number of carbonyl (C=O) groups is 1. The van der Waals surface area contributed by atoms with Crippen molar-refractivity contribution >= 4 is 5.78 Å². The molecule has 0 unspecified atom stereocenters. The number of rotatable bonds is 8. The molecule has 180 valence electrons. The molecule has 1 aliphatic rings. The van der Waals surface area contributed by atoms with Crippen LogP contribution in [-0.2, 0) is 6.42 Å². The van der Waals surface area contributed by atoms with E-state index in [1.54, 1.807) is 12.1 Å². The van der Waals surface area contributed by atoms with Crippen molar-refractivity contribution in [2.45, 2.75) is 43.7 Å². The molecule has 5 atom stereocenters. The molecule has 0 saturated heterocycles. The lowest BCUT2D eigenvalue weighted by molar-refractivity contribution is -0.157. The predicted molar refractivity (Wildman–Crippen MR) is 115 cm³/mol. The quantitative estimate of drug-likeness (QED) is 0.272. The van der Waals surface area contributed by atoms with Crippen LogP contribution in [0.1, 0.15) is 28.8 Å². The van der Waals surface area contributed by atoms with Crippen LogP contribution in [0.15, 0.2) is 30.3 Å². The summed E-state index contributed by atoms with van der Waals surface area (Å²) in [7, 11) is 1.42. The fourth-order valence-corrected chi connectivity index (χ4v) is 3.97. The second kappa shape index (κ2) is 10.3. The molecule has 10 heteroatoms. The molecule has 2 aromatic carbocycles. The molecule has 3 rings (SSSR count). The van der Waals surface area contributed by atoms with Crippen LogP contribution in [-0.4, -0.2) is 79.7 Å². The maximum atomic E-state index is 12.6. The summed E-state index contributed by atoms with van der Waals surface area (Å²) in [6.07, 6.45) is -5.15. The lowest BCUT2D eigenvalue weighted by atomic mass is 9.81. The molecule has 7 N–H and O–H groups in total. The van der Waals surface area contributed by atoms with Gasteiger partial charge in [-0.15, -0.1) is 0 Å². The Labute approximate surface area is 189 Å². The number of aromatic hydroxyl groups is 3. The summed E-state index contributed by atoms with van der Waals surface area (Å²) < 4.78 is 10.5. The minimum Gasteiger partial charge on any atom is -0.507 e. The van der Waals surface area contributed by atoms with Crippen molar-refractivity contribution in [1.29, 1.82) is 0 Å². The number of aryl methyl sites for hydroxylation is 1. The van der Waals surface area contributed by atoms with Crippen molar-refractivity contribution in [1.82, 2.24) is 0 Å². The average Bonchev–Trinajstić information content (AvgIpc) is 2.77. The van der Waals surface area contributed by atoms with E-state index in [0.717, 1.165) is 12.1 Å². The maximum absolute atomic E-state index is 12.6. The van der Waals surface area contributed by atoms with E-state index >= 15 is 0 Å². The van der Waals surface area contributed by atoms with Gasteiger partial charge in [-0.1, -0.05) is 6.07 Å². The number of phenols is 3. The highest BCUT2D eigenvalue weighted by Gasteiger charge is 2.43. The third-order valence-corrected chi connectivity index (χ3v) is 5.85. The normalized spacial score (nSPS) is 24.9. The summed E-state index contributed by atoms with van der Waals surface area (Å²) in [4.78, 5) is 12.6. The zero-order chi connectivity index (χ0) is 24.3. The Morgan fingerprint density at radius 1 is 0.970 bits per heavy atom. The Bertz CT molecular complexity index is 966. The fraction of sp³-hybridized carbons (Fsp3) is 0.435. The Morgan fingerprint density at radius 3 is 2.21 bits per heavy atom. The third-order valence-electron chi connectivity index (χ3n) is 5.85. The van der Waals surface area contributed by atoms with E-state index in [1.165, 1.54) is 13.2 Å². The van der Waals surface area contributed by atoms with Gasteiger partial charge in [0, 0.05) is 31.1 Å². The molecule has 0 aliphatic heterocycles. The molecular formula is C23H28O10. The molecule has 1 aliphatic carbocycles.